The van der Waals surface area contributed by atoms with Gasteiger partial charge in [-0.2, -0.15) is 0 Å². The zero-order chi connectivity index (χ0) is 28.9. The molecule has 2 N–H and O–H groups in total. The van der Waals surface area contributed by atoms with Crippen molar-refractivity contribution in [2.45, 2.75) is 12.3 Å². The summed E-state index contributed by atoms with van der Waals surface area (Å²) >= 11 is 11.3. The third kappa shape index (κ3) is 7.14. The molecule has 1 amide bonds. The number of benzene rings is 3. The SMILES string of the molecule is Cl.ClOc1ccc2cc[nH]c2c1.O=C1Nc2cc(Cl)ccc2C1c1ncnc2cc(OCCCN3CCOCC3)ccc12. The number of aromatic amines is 1. The van der Waals surface area contributed by atoms with E-state index in [2.05, 4.69) is 29.5 Å². The van der Waals surface area contributed by atoms with Crippen LogP contribution in [0.25, 0.3) is 21.8 Å². The Morgan fingerprint density at radius 1 is 1.00 bits per heavy atom. The molecule has 0 radical (unpaired) electrons. The Hall–Kier alpha value is -3.60. The molecule has 4 heterocycles. The number of hydrogen-bond acceptors (Lipinski definition) is 7. The molecule has 224 valence electrons. The normalized spacial score (nSPS) is 16.1. The Labute approximate surface area is 265 Å². The molecule has 2 aromatic heterocycles. The molecule has 2 aliphatic rings. The first kappa shape index (κ1) is 30.8. The summed E-state index contributed by atoms with van der Waals surface area (Å²) in [5.41, 5.74) is 4.07. The second kappa shape index (κ2) is 14.2. The van der Waals surface area contributed by atoms with Gasteiger partial charge >= 0.3 is 0 Å². The topological polar surface area (TPSA) is 102 Å². The van der Waals surface area contributed by atoms with E-state index in [4.69, 9.17) is 32.9 Å². The maximum Gasteiger partial charge on any atom is 0.238 e. The summed E-state index contributed by atoms with van der Waals surface area (Å²) in [7, 11) is 0. The van der Waals surface area contributed by atoms with Crippen molar-refractivity contribution in [1.82, 2.24) is 19.9 Å². The number of anilines is 1. The van der Waals surface area contributed by atoms with E-state index in [0.29, 0.717) is 23.1 Å². The molecule has 1 atom stereocenters. The quantitative estimate of drug-likeness (QED) is 0.193. The first-order chi connectivity index (χ1) is 20.6. The Balaban J connectivity index is 0.000000258. The minimum atomic E-state index is -0.488. The molecular formula is C31H30Cl3N5O4. The summed E-state index contributed by atoms with van der Waals surface area (Å²) in [6.45, 7) is 5.23. The van der Waals surface area contributed by atoms with Crippen LogP contribution in [-0.4, -0.2) is 65.2 Å². The highest BCUT2D eigenvalue weighted by molar-refractivity contribution is 6.31. The lowest BCUT2D eigenvalue weighted by atomic mass is 9.94. The molecule has 1 fully saturated rings. The molecule has 7 rings (SSSR count). The van der Waals surface area contributed by atoms with Crippen molar-refractivity contribution in [2.75, 3.05) is 44.8 Å². The highest BCUT2D eigenvalue weighted by Crippen LogP contribution is 2.40. The third-order valence-electron chi connectivity index (χ3n) is 7.37. The fourth-order valence-electron chi connectivity index (χ4n) is 5.26. The highest BCUT2D eigenvalue weighted by Gasteiger charge is 2.34. The van der Waals surface area contributed by atoms with Crippen molar-refractivity contribution >= 4 is 69.3 Å². The Bertz CT molecular complexity index is 1710. The highest BCUT2D eigenvalue weighted by atomic mass is 35.5. The largest absolute Gasteiger partial charge is 0.493 e. The number of fused-ring (bicyclic) bond motifs is 3. The number of hydrogen-bond donors (Lipinski definition) is 2. The molecule has 0 saturated carbocycles. The first-order valence-electron chi connectivity index (χ1n) is 13.7. The maximum absolute atomic E-state index is 12.7. The van der Waals surface area contributed by atoms with E-state index in [0.717, 1.165) is 78.1 Å². The van der Waals surface area contributed by atoms with Crippen LogP contribution in [0.3, 0.4) is 0 Å². The van der Waals surface area contributed by atoms with E-state index in [9.17, 15) is 4.79 Å². The van der Waals surface area contributed by atoms with Crippen LogP contribution in [0.1, 0.15) is 23.6 Å². The molecule has 0 spiro atoms. The molecule has 1 unspecified atom stereocenters. The number of nitrogens with zero attached hydrogens (tertiary/aromatic N) is 3. The molecule has 0 bridgehead atoms. The predicted octanol–water partition coefficient (Wildman–Crippen LogP) is 6.59. The van der Waals surface area contributed by atoms with Gasteiger partial charge in [-0.05, 0) is 59.8 Å². The van der Waals surface area contributed by atoms with Gasteiger partial charge in [0, 0.05) is 59.6 Å². The fraction of sp³-hybridized carbons (Fsp3) is 0.258. The number of carbonyl (C=O) groups is 1. The number of aromatic nitrogens is 3. The fourth-order valence-corrected chi connectivity index (χ4v) is 5.53. The minimum Gasteiger partial charge on any atom is -0.493 e. The summed E-state index contributed by atoms with van der Waals surface area (Å²) in [4.78, 5) is 27.0. The van der Waals surface area contributed by atoms with Gasteiger partial charge in [0.25, 0.3) is 0 Å². The van der Waals surface area contributed by atoms with Crippen molar-refractivity contribution in [3.8, 4) is 11.5 Å². The van der Waals surface area contributed by atoms with Crippen LogP contribution in [0.15, 0.2) is 73.2 Å². The second-order valence-electron chi connectivity index (χ2n) is 10.1. The van der Waals surface area contributed by atoms with Gasteiger partial charge in [-0.15, -0.1) is 12.4 Å². The predicted molar refractivity (Wildman–Crippen MR) is 171 cm³/mol. The summed E-state index contributed by atoms with van der Waals surface area (Å²) in [6, 6.07) is 18.8. The van der Waals surface area contributed by atoms with Crippen LogP contribution in [0.5, 0.6) is 11.5 Å². The smallest absolute Gasteiger partial charge is 0.238 e. The average Bonchev–Trinajstić information content (AvgIpc) is 3.62. The van der Waals surface area contributed by atoms with Crippen molar-refractivity contribution in [2.24, 2.45) is 0 Å². The first-order valence-corrected chi connectivity index (χ1v) is 14.4. The van der Waals surface area contributed by atoms with Crippen molar-refractivity contribution < 1.29 is 18.6 Å². The number of rotatable bonds is 7. The van der Waals surface area contributed by atoms with Gasteiger partial charge < -0.3 is 24.1 Å². The van der Waals surface area contributed by atoms with Crippen molar-refractivity contribution in [3.63, 3.8) is 0 Å². The van der Waals surface area contributed by atoms with Crippen molar-refractivity contribution in [1.29, 1.82) is 0 Å². The van der Waals surface area contributed by atoms with Gasteiger partial charge in [0.15, 0.2) is 0 Å². The van der Waals surface area contributed by atoms with Crippen LogP contribution in [0.2, 0.25) is 5.02 Å². The third-order valence-corrected chi connectivity index (χ3v) is 7.78. The Kier molecular flexibility index (Phi) is 10.2. The Morgan fingerprint density at radius 2 is 1.84 bits per heavy atom. The van der Waals surface area contributed by atoms with Gasteiger partial charge in [0.2, 0.25) is 5.91 Å². The standard InChI is InChI=1S/C23H23ClN4O3.C8H6ClNO.ClH/c24-15-2-4-17-20(12-15)27-23(29)21(17)22-18-5-3-16(13-19(18)25-14-26-22)31-9-1-6-28-7-10-30-11-8-28;9-11-7-2-1-6-3-4-10-8(6)5-7;/h2-5,12-14,21H,1,6-11H2,(H,27,29);1-5,10H;1H. The van der Waals surface area contributed by atoms with E-state index in [1.54, 1.807) is 12.1 Å². The van der Waals surface area contributed by atoms with Gasteiger partial charge in [-0.3, -0.25) is 9.69 Å². The molecule has 12 heteroatoms. The van der Waals surface area contributed by atoms with Crippen LogP contribution >= 0.6 is 35.9 Å². The second-order valence-corrected chi connectivity index (χ2v) is 10.6. The molecule has 1 saturated heterocycles. The number of morpholine rings is 1. The summed E-state index contributed by atoms with van der Waals surface area (Å²) in [5, 5.41) is 5.48. The number of carbonyl (C=O) groups excluding carboxylic acids is 1. The lowest BCUT2D eigenvalue weighted by molar-refractivity contribution is -0.116. The molecule has 43 heavy (non-hydrogen) atoms. The number of H-pyrrole nitrogens is 1. The number of halogens is 3. The lowest BCUT2D eigenvalue weighted by Gasteiger charge is -2.26. The number of nitrogens with one attached hydrogen (secondary N) is 2. The van der Waals surface area contributed by atoms with E-state index in [1.165, 1.54) is 6.33 Å². The molecule has 5 aromatic rings. The van der Waals surface area contributed by atoms with Gasteiger partial charge in [-0.1, -0.05) is 17.7 Å². The van der Waals surface area contributed by atoms with Crippen LogP contribution in [0.4, 0.5) is 5.69 Å². The zero-order valence-corrected chi connectivity index (χ0v) is 25.4. The molecule has 2 aliphatic heterocycles. The van der Waals surface area contributed by atoms with E-state index in [-0.39, 0.29) is 18.3 Å². The Morgan fingerprint density at radius 3 is 2.67 bits per heavy atom. The van der Waals surface area contributed by atoms with E-state index >= 15 is 0 Å². The zero-order valence-electron chi connectivity index (χ0n) is 23.1. The summed E-state index contributed by atoms with van der Waals surface area (Å²) in [6.07, 6.45) is 4.33. The number of amides is 1. The van der Waals surface area contributed by atoms with Crippen LogP contribution in [-0.2, 0) is 9.53 Å². The minimum absolute atomic E-state index is 0. The van der Waals surface area contributed by atoms with E-state index in [1.807, 2.05) is 54.7 Å². The summed E-state index contributed by atoms with van der Waals surface area (Å²) in [5.74, 6) is 0.822. The molecule has 9 nitrogen and oxygen atoms in total. The molecule has 3 aromatic carbocycles. The van der Waals surface area contributed by atoms with E-state index < -0.39 is 5.92 Å². The van der Waals surface area contributed by atoms with Gasteiger partial charge in [-0.25, -0.2) is 9.97 Å². The average molecular weight is 643 g/mol. The lowest BCUT2D eigenvalue weighted by Crippen LogP contribution is -2.37. The van der Waals surface area contributed by atoms with Gasteiger partial charge in [0.1, 0.15) is 35.6 Å². The molecule has 0 aliphatic carbocycles. The summed E-state index contributed by atoms with van der Waals surface area (Å²) < 4.78 is 15.9. The maximum atomic E-state index is 12.7. The monoisotopic (exact) mass is 641 g/mol. The molecular weight excluding hydrogens is 613 g/mol. The number of ether oxygens (including phenoxy) is 2. The van der Waals surface area contributed by atoms with Crippen molar-refractivity contribution in [3.05, 3.63) is 89.5 Å². The van der Waals surface area contributed by atoms with Crippen LogP contribution in [0, 0.1) is 0 Å². The van der Waals surface area contributed by atoms with Crippen LogP contribution < -0.4 is 14.3 Å². The van der Waals surface area contributed by atoms with Gasteiger partial charge in [0.05, 0.1) is 31.0 Å².